The number of benzene rings is 1. The number of carbonyl (C=O) groups is 2. The number of carbonyl (C=O) groups excluding carboxylic acids is 2. The zero-order valence-electron chi connectivity index (χ0n) is 17.3. The fourth-order valence-corrected chi connectivity index (χ4v) is 3.76. The molecule has 3 amide bonds. The molecule has 3 N–H and O–H groups in total. The molecule has 8 heteroatoms. The number of imidazole rings is 1. The third-order valence-electron chi connectivity index (χ3n) is 5.35. The number of fused-ring (bicyclic) bond motifs is 1. The van der Waals surface area contributed by atoms with Gasteiger partial charge in [-0.1, -0.05) is 25.0 Å². The predicted molar refractivity (Wildman–Crippen MR) is 118 cm³/mol. The summed E-state index contributed by atoms with van der Waals surface area (Å²) in [4.78, 5) is 28.5. The highest BCUT2D eigenvalue weighted by molar-refractivity contribution is 5.94. The van der Waals surface area contributed by atoms with Crippen molar-refractivity contribution in [2.75, 3.05) is 18.4 Å². The number of nitrogens with zero attached hydrogens (tertiary/aromatic N) is 2. The monoisotopic (exact) mass is 421 g/mol. The quantitative estimate of drug-likeness (QED) is 0.520. The van der Waals surface area contributed by atoms with Crippen molar-refractivity contribution in [1.29, 1.82) is 0 Å². The van der Waals surface area contributed by atoms with Gasteiger partial charge in [0.25, 0.3) is 0 Å². The molecule has 1 fully saturated rings. The van der Waals surface area contributed by atoms with Crippen LogP contribution in [0.15, 0.2) is 54.9 Å². The van der Waals surface area contributed by atoms with E-state index in [2.05, 4.69) is 20.9 Å². The molecular formula is C23H27N5O3. The molecule has 2 aromatic heterocycles. The molecule has 0 aliphatic heterocycles. The lowest BCUT2D eigenvalue weighted by Crippen LogP contribution is -2.41. The average molecular weight is 422 g/mol. The van der Waals surface area contributed by atoms with Gasteiger partial charge in [0.1, 0.15) is 18.0 Å². The van der Waals surface area contributed by atoms with Crippen molar-refractivity contribution < 1.29 is 14.3 Å². The maximum Gasteiger partial charge on any atom is 0.315 e. The number of urea groups is 1. The molecule has 1 aliphatic carbocycles. The Hall–Kier alpha value is -3.55. The number of nitrogens with one attached hydrogen (secondary N) is 3. The summed E-state index contributed by atoms with van der Waals surface area (Å²) in [6, 6.07) is 12.6. The van der Waals surface area contributed by atoms with Gasteiger partial charge in [0, 0.05) is 30.7 Å². The van der Waals surface area contributed by atoms with Crippen LogP contribution in [0.25, 0.3) is 5.65 Å². The van der Waals surface area contributed by atoms with Crippen molar-refractivity contribution >= 4 is 23.3 Å². The predicted octanol–water partition coefficient (Wildman–Crippen LogP) is 3.34. The van der Waals surface area contributed by atoms with Crippen LogP contribution in [0.5, 0.6) is 5.75 Å². The molecule has 162 valence electrons. The fourth-order valence-electron chi connectivity index (χ4n) is 3.76. The second-order valence-electron chi connectivity index (χ2n) is 7.78. The Bertz CT molecular complexity index is 1010. The van der Waals surface area contributed by atoms with Crippen LogP contribution in [0.4, 0.5) is 10.5 Å². The van der Waals surface area contributed by atoms with Crippen molar-refractivity contribution in [2.45, 2.75) is 32.3 Å². The lowest BCUT2D eigenvalue weighted by atomic mass is 10.1. The minimum absolute atomic E-state index is 0.0944. The van der Waals surface area contributed by atoms with Gasteiger partial charge >= 0.3 is 6.03 Å². The first-order valence-corrected chi connectivity index (χ1v) is 10.6. The Kier molecular flexibility index (Phi) is 6.66. The zero-order valence-corrected chi connectivity index (χ0v) is 17.3. The van der Waals surface area contributed by atoms with Crippen LogP contribution in [0.2, 0.25) is 0 Å². The summed E-state index contributed by atoms with van der Waals surface area (Å²) >= 11 is 0. The van der Waals surface area contributed by atoms with E-state index in [-0.39, 0.29) is 18.5 Å². The summed E-state index contributed by atoms with van der Waals surface area (Å²) in [7, 11) is 0. The van der Waals surface area contributed by atoms with Crippen LogP contribution in [-0.4, -0.2) is 34.4 Å². The normalized spacial score (nSPS) is 13.8. The molecule has 8 nitrogen and oxygen atoms in total. The van der Waals surface area contributed by atoms with Crippen molar-refractivity contribution in [3.8, 4) is 5.75 Å². The average Bonchev–Trinajstić information content (AvgIpc) is 3.44. The van der Waals surface area contributed by atoms with Crippen LogP contribution in [-0.2, 0) is 11.4 Å². The maximum atomic E-state index is 12.2. The molecule has 0 radical (unpaired) electrons. The molecular weight excluding hydrogens is 394 g/mol. The molecule has 2 heterocycles. The van der Waals surface area contributed by atoms with E-state index >= 15 is 0 Å². The maximum absolute atomic E-state index is 12.2. The Balaban J connectivity index is 1.22. The van der Waals surface area contributed by atoms with E-state index in [9.17, 15) is 9.59 Å². The second kappa shape index (κ2) is 9.97. The Labute approximate surface area is 181 Å². The second-order valence-corrected chi connectivity index (χ2v) is 7.78. The summed E-state index contributed by atoms with van der Waals surface area (Å²) in [6.07, 6.45) is 8.65. The highest BCUT2D eigenvalue weighted by Gasteiger charge is 2.15. The highest BCUT2D eigenvalue weighted by Crippen LogP contribution is 2.23. The fraction of sp³-hybridized carbons (Fsp3) is 0.348. The van der Waals surface area contributed by atoms with Crippen LogP contribution < -0.4 is 20.7 Å². The van der Waals surface area contributed by atoms with Crippen LogP contribution in [0.3, 0.4) is 0 Å². The lowest BCUT2D eigenvalue weighted by Gasteiger charge is -2.12. The molecule has 0 bridgehead atoms. The topological polar surface area (TPSA) is 96.8 Å². The molecule has 1 aliphatic rings. The van der Waals surface area contributed by atoms with Crippen LogP contribution >= 0.6 is 0 Å². The zero-order chi connectivity index (χ0) is 21.5. The molecule has 0 unspecified atom stereocenters. The molecule has 1 aromatic carbocycles. The van der Waals surface area contributed by atoms with E-state index in [0.717, 1.165) is 24.2 Å². The molecule has 1 saturated carbocycles. The molecule has 31 heavy (non-hydrogen) atoms. The number of rotatable bonds is 8. The molecule has 0 spiro atoms. The minimum Gasteiger partial charge on any atom is -0.487 e. The molecule has 4 rings (SSSR count). The first-order chi connectivity index (χ1) is 15.2. The Morgan fingerprint density at radius 3 is 2.81 bits per heavy atom. The van der Waals surface area contributed by atoms with Gasteiger partial charge in [-0.3, -0.25) is 4.79 Å². The van der Waals surface area contributed by atoms with Crippen molar-refractivity contribution in [3.63, 3.8) is 0 Å². The van der Waals surface area contributed by atoms with Crippen LogP contribution in [0.1, 0.15) is 31.4 Å². The number of amides is 3. The van der Waals surface area contributed by atoms with Gasteiger partial charge in [-0.15, -0.1) is 0 Å². The number of pyridine rings is 1. The van der Waals surface area contributed by atoms with E-state index in [1.165, 1.54) is 12.8 Å². The number of hydrogen-bond acceptors (Lipinski definition) is 4. The first kappa shape index (κ1) is 20.7. The minimum atomic E-state index is -0.313. The van der Waals surface area contributed by atoms with Crippen molar-refractivity contribution in [2.24, 2.45) is 5.92 Å². The SMILES string of the molecule is O=C(CNC(=O)NCC1CCCC1)Nc1cccc(OCc2cn3ccccc3n2)c1. The largest absolute Gasteiger partial charge is 0.487 e. The number of aromatic nitrogens is 2. The summed E-state index contributed by atoms with van der Waals surface area (Å²) < 4.78 is 7.75. The summed E-state index contributed by atoms with van der Waals surface area (Å²) in [6.45, 7) is 0.893. The third kappa shape index (κ3) is 5.97. The lowest BCUT2D eigenvalue weighted by molar-refractivity contribution is -0.115. The third-order valence-corrected chi connectivity index (χ3v) is 5.35. The highest BCUT2D eigenvalue weighted by atomic mass is 16.5. The van der Waals surface area contributed by atoms with Crippen molar-refractivity contribution in [1.82, 2.24) is 20.0 Å². The molecule has 0 atom stereocenters. The molecule has 3 aromatic rings. The van der Waals surface area contributed by atoms with Gasteiger partial charge in [-0.2, -0.15) is 0 Å². The number of anilines is 1. The van der Waals surface area contributed by atoms with Gasteiger partial charge in [-0.25, -0.2) is 9.78 Å². The Morgan fingerprint density at radius 2 is 1.97 bits per heavy atom. The van der Waals surface area contributed by atoms with E-state index in [0.29, 0.717) is 30.5 Å². The molecule has 0 saturated heterocycles. The van der Waals surface area contributed by atoms with Gasteiger partial charge in [0.15, 0.2) is 0 Å². The number of ether oxygens (including phenoxy) is 1. The van der Waals surface area contributed by atoms with E-state index < -0.39 is 0 Å². The first-order valence-electron chi connectivity index (χ1n) is 10.6. The van der Waals surface area contributed by atoms with Gasteiger partial charge < -0.3 is 25.1 Å². The van der Waals surface area contributed by atoms with Crippen LogP contribution in [0, 0.1) is 5.92 Å². The standard InChI is InChI=1S/C23H27N5O3/c29-22(14-25-23(30)24-13-17-6-1-2-7-17)27-18-8-5-9-20(12-18)31-16-19-15-28-11-4-3-10-21(28)26-19/h3-5,8-12,15,17H,1-2,6-7,13-14,16H2,(H,27,29)(H2,24,25,30). The Morgan fingerprint density at radius 1 is 1.10 bits per heavy atom. The van der Waals surface area contributed by atoms with Gasteiger partial charge in [-0.05, 0) is 43.0 Å². The van der Waals surface area contributed by atoms with Gasteiger partial charge in [0.2, 0.25) is 5.91 Å². The van der Waals surface area contributed by atoms with Gasteiger partial charge in [0.05, 0.1) is 12.2 Å². The summed E-state index contributed by atoms with van der Waals surface area (Å²) in [5.74, 6) is 0.883. The van der Waals surface area contributed by atoms with Crippen molar-refractivity contribution in [3.05, 3.63) is 60.6 Å². The number of hydrogen-bond donors (Lipinski definition) is 3. The summed E-state index contributed by atoms with van der Waals surface area (Å²) in [5.41, 5.74) is 2.28. The van der Waals surface area contributed by atoms with E-state index in [1.807, 2.05) is 41.1 Å². The smallest absolute Gasteiger partial charge is 0.315 e. The van der Waals surface area contributed by atoms with E-state index in [1.54, 1.807) is 18.2 Å². The summed E-state index contributed by atoms with van der Waals surface area (Å²) in [5, 5.41) is 8.21. The van der Waals surface area contributed by atoms with E-state index in [4.69, 9.17) is 4.74 Å².